The van der Waals surface area contributed by atoms with E-state index >= 15 is 0 Å². The fourth-order valence-corrected chi connectivity index (χ4v) is 3.86. The Morgan fingerprint density at radius 2 is 2.00 bits per heavy atom. The van der Waals surface area contributed by atoms with E-state index in [1.165, 1.54) is 6.07 Å². The summed E-state index contributed by atoms with van der Waals surface area (Å²) in [6, 6.07) is 12.9. The van der Waals surface area contributed by atoms with Crippen LogP contribution in [0.25, 0.3) is 0 Å². The van der Waals surface area contributed by atoms with Crippen LogP contribution in [0.4, 0.5) is 11.4 Å². The second-order valence-electron chi connectivity index (χ2n) is 6.41. The Morgan fingerprint density at radius 1 is 1.24 bits per heavy atom. The van der Waals surface area contributed by atoms with Gasteiger partial charge in [-0.15, -0.1) is 0 Å². The second kappa shape index (κ2) is 5.74. The van der Waals surface area contributed by atoms with E-state index in [0.717, 1.165) is 24.1 Å². The molecule has 2 heterocycles. The highest BCUT2D eigenvalue weighted by atomic mass is 16.6. The third-order valence-corrected chi connectivity index (χ3v) is 5.30. The Morgan fingerprint density at radius 3 is 2.72 bits per heavy atom. The van der Waals surface area contributed by atoms with Crippen LogP contribution in [0.3, 0.4) is 0 Å². The van der Waals surface area contributed by atoms with Gasteiger partial charge in [0.05, 0.1) is 16.1 Å². The molecule has 0 unspecified atom stereocenters. The van der Waals surface area contributed by atoms with Gasteiger partial charge >= 0.3 is 0 Å². The molecule has 6 nitrogen and oxygen atoms in total. The normalized spacial score (nSPS) is 20.1. The van der Waals surface area contributed by atoms with Gasteiger partial charge in [-0.05, 0) is 25.0 Å². The first kappa shape index (κ1) is 15.9. The summed E-state index contributed by atoms with van der Waals surface area (Å²) < 4.78 is 12.4. The fourth-order valence-electron chi connectivity index (χ4n) is 3.86. The molecule has 1 atom stereocenters. The highest BCUT2D eigenvalue weighted by Gasteiger charge is 2.45. The van der Waals surface area contributed by atoms with Gasteiger partial charge in [-0.3, -0.25) is 10.1 Å². The van der Waals surface area contributed by atoms with E-state index in [0.29, 0.717) is 18.0 Å². The number of fused-ring (bicyclic) bond motifs is 5. The lowest BCUT2D eigenvalue weighted by Crippen LogP contribution is -2.48. The van der Waals surface area contributed by atoms with E-state index in [1.54, 1.807) is 12.1 Å². The van der Waals surface area contributed by atoms with Crippen molar-refractivity contribution in [2.45, 2.75) is 38.5 Å². The second-order valence-corrected chi connectivity index (χ2v) is 6.41. The zero-order valence-electron chi connectivity index (χ0n) is 14.3. The van der Waals surface area contributed by atoms with Gasteiger partial charge < -0.3 is 14.4 Å². The Balaban J connectivity index is 1.89. The summed E-state index contributed by atoms with van der Waals surface area (Å²) in [5, 5.41) is 11.2. The molecule has 4 rings (SSSR count). The molecule has 2 aromatic rings. The molecule has 2 aliphatic rings. The minimum absolute atomic E-state index is 0.0465. The van der Waals surface area contributed by atoms with Crippen LogP contribution in [0.15, 0.2) is 42.5 Å². The van der Waals surface area contributed by atoms with Crippen LogP contribution in [0.2, 0.25) is 0 Å². The van der Waals surface area contributed by atoms with Crippen LogP contribution in [0, 0.1) is 10.1 Å². The van der Waals surface area contributed by atoms with E-state index in [4.69, 9.17) is 9.47 Å². The summed E-state index contributed by atoms with van der Waals surface area (Å²) in [5.41, 5.74) is 2.57. The van der Waals surface area contributed by atoms with Crippen LogP contribution >= 0.6 is 0 Å². The summed E-state index contributed by atoms with van der Waals surface area (Å²) in [6.07, 6.45) is 1.27. The van der Waals surface area contributed by atoms with Crippen molar-refractivity contribution in [3.05, 3.63) is 63.7 Å². The fraction of sp³-hybridized carbons (Fsp3) is 0.368. The Labute approximate surface area is 146 Å². The van der Waals surface area contributed by atoms with Crippen LogP contribution in [-0.2, 0) is 10.3 Å². The predicted molar refractivity (Wildman–Crippen MR) is 93.6 cm³/mol. The molecule has 0 aromatic heterocycles. The summed E-state index contributed by atoms with van der Waals surface area (Å²) >= 11 is 0. The van der Waals surface area contributed by atoms with Gasteiger partial charge in [0.25, 0.3) is 5.69 Å². The highest BCUT2D eigenvalue weighted by molar-refractivity contribution is 5.61. The number of nitro benzene ring substituents is 1. The molecule has 0 aliphatic carbocycles. The molecule has 6 heteroatoms. The number of rotatable bonds is 3. The number of anilines is 1. The summed E-state index contributed by atoms with van der Waals surface area (Å²) in [4.78, 5) is 12.8. The molecule has 0 bridgehead atoms. The first-order valence-corrected chi connectivity index (χ1v) is 8.54. The molecular formula is C19H20N2O4. The molecule has 0 N–H and O–H groups in total. The van der Waals surface area contributed by atoms with Crippen LogP contribution in [-0.4, -0.2) is 11.7 Å². The maximum atomic E-state index is 11.2. The van der Waals surface area contributed by atoms with Crippen molar-refractivity contribution >= 4 is 11.4 Å². The van der Waals surface area contributed by atoms with Crippen molar-refractivity contribution in [1.29, 1.82) is 0 Å². The zero-order valence-corrected chi connectivity index (χ0v) is 14.3. The smallest absolute Gasteiger partial charge is 0.270 e. The average Bonchev–Trinajstić information content (AvgIpc) is 2.66. The molecule has 130 valence electrons. The van der Waals surface area contributed by atoms with Crippen molar-refractivity contribution in [3.8, 4) is 5.75 Å². The maximum Gasteiger partial charge on any atom is 0.270 e. The van der Waals surface area contributed by atoms with Crippen molar-refractivity contribution in [1.82, 2.24) is 0 Å². The van der Waals surface area contributed by atoms with Gasteiger partial charge in [-0.25, -0.2) is 0 Å². The van der Waals surface area contributed by atoms with E-state index in [1.807, 2.05) is 17.0 Å². The first-order chi connectivity index (χ1) is 12.1. The van der Waals surface area contributed by atoms with E-state index in [2.05, 4.69) is 26.0 Å². The zero-order chi connectivity index (χ0) is 17.6. The van der Waals surface area contributed by atoms with Gasteiger partial charge in [0.1, 0.15) is 5.75 Å². The number of nitro groups is 1. The molecule has 0 saturated heterocycles. The van der Waals surface area contributed by atoms with Crippen molar-refractivity contribution in [2.24, 2.45) is 0 Å². The molecular weight excluding hydrogens is 320 g/mol. The number of nitrogens with zero attached hydrogens (tertiary/aromatic N) is 2. The summed E-state index contributed by atoms with van der Waals surface area (Å²) in [7, 11) is 0. The topological polar surface area (TPSA) is 64.8 Å². The van der Waals surface area contributed by atoms with Gasteiger partial charge in [0.2, 0.25) is 0 Å². The number of benzene rings is 2. The van der Waals surface area contributed by atoms with Gasteiger partial charge in [0, 0.05) is 23.4 Å². The summed E-state index contributed by atoms with van der Waals surface area (Å²) in [5.74, 6) is 0.646. The van der Waals surface area contributed by atoms with Crippen molar-refractivity contribution in [3.63, 3.8) is 0 Å². The largest absolute Gasteiger partial charge is 0.473 e. The minimum Gasteiger partial charge on any atom is -0.473 e. The SMILES string of the molecule is CCC1(CC)O[C@@H]2c3cc([N+](=O)[O-])ccc3OCN2c2ccccc21. The molecule has 25 heavy (non-hydrogen) atoms. The lowest BCUT2D eigenvalue weighted by Gasteiger charge is -2.50. The molecule has 0 amide bonds. The van der Waals surface area contributed by atoms with Crippen LogP contribution in [0.1, 0.15) is 44.0 Å². The van der Waals surface area contributed by atoms with E-state index in [-0.39, 0.29) is 10.6 Å². The highest BCUT2D eigenvalue weighted by Crippen LogP contribution is 2.52. The van der Waals surface area contributed by atoms with Crippen LogP contribution < -0.4 is 9.64 Å². The quantitative estimate of drug-likeness (QED) is 0.608. The molecule has 2 aliphatic heterocycles. The first-order valence-electron chi connectivity index (χ1n) is 8.54. The Bertz CT molecular complexity index is 832. The predicted octanol–water partition coefficient (Wildman–Crippen LogP) is 4.50. The maximum absolute atomic E-state index is 11.2. The molecule has 0 spiro atoms. The number of non-ortho nitro benzene ring substituents is 1. The number of hydrogen-bond donors (Lipinski definition) is 0. The third-order valence-electron chi connectivity index (χ3n) is 5.30. The average molecular weight is 340 g/mol. The lowest BCUT2D eigenvalue weighted by atomic mass is 9.84. The van der Waals surface area contributed by atoms with Gasteiger partial charge in [-0.2, -0.15) is 0 Å². The third kappa shape index (κ3) is 2.28. The van der Waals surface area contributed by atoms with E-state index in [9.17, 15) is 10.1 Å². The lowest BCUT2D eigenvalue weighted by molar-refractivity contribution is -0.385. The summed E-state index contributed by atoms with van der Waals surface area (Å²) in [6.45, 7) is 4.59. The number of para-hydroxylation sites is 1. The molecule has 0 fully saturated rings. The Hall–Kier alpha value is -2.60. The molecule has 0 saturated carbocycles. The van der Waals surface area contributed by atoms with Gasteiger partial charge in [-0.1, -0.05) is 32.0 Å². The standard InChI is InChI=1S/C19H20N2O4/c1-3-19(4-2)15-7-5-6-8-16(15)20-12-24-17-10-9-13(21(22)23)11-14(17)18(20)25-19/h5-11,18H,3-4,12H2,1-2H3/t18-/m1/s1. The van der Waals surface area contributed by atoms with Gasteiger partial charge in [0.15, 0.2) is 13.0 Å². The minimum atomic E-state index is -0.406. The molecule has 2 aromatic carbocycles. The Kier molecular flexibility index (Phi) is 3.65. The van der Waals surface area contributed by atoms with Crippen molar-refractivity contribution in [2.75, 3.05) is 11.6 Å². The molecule has 0 radical (unpaired) electrons. The van der Waals surface area contributed by atoms with Crippen molar-refractivity contribution < 1.29 is 14.4 Å². The van der Waals surface area contributed by atoms with E-state index < -0.39 is 11.8 Å². The number of hydrogen-bond acceptors (Lipinski definition) is 5. The van der Waals surface area contributed by atoms with Crippen LogP contribution in [0.5, 0.6) is 5.75 Å². The monoisotopic (exact) mass is 340 g/mol. The number of ether oxygens (including phenoxy) is 2.